The molecule has 1 aromatic rings. The Balaban J connectivity index is 2.69. The van der Waals surface area contributed by atoms with Gasteiger partial charge in [-0.3, -0.25) is 0 Å². The van der Waals surface area contributed by atoms with Crippen LogP contribution in [0.2, 0.25) is 0 Å². The van der Waals surface area contributed by atoms with Crippen molar-refractivity contribution in [3.05, 3.63) is 16.3 Å². The molecule has 3 nitrogen and oxygen atoms in total. The SMILES string of the molecule is CCNC(COCC)c1sccc1OC. The van der Waals surface area contributed by atoms with E-state index in [9.17, 15) is 0 Å². The molecule has 0 fully saturated rings. The lowest BCUT2D eigenvalue weighted by Gasteiger charge is -2.17. The molecule has 15 heavy (non-hydrogen) atoms. The highest BCUT2D eigenvalue weighted by Gasteiger charge is 2.16. The van der Waals surface area contributed by atoms with E-state index in [-0.39, 0.29) is 6.04 Å². The smallest absolute Gasteiger partial charge is 0.134 e. The fourth-order valence-corrected chi connectivity index (χ4v) is 2.36. The van der Waals surface area contributed by atoms with Gasteiger partial charge in [-0.25, -0.2) is 0 Å². The van der Waals surface area contributed by atoms with Crippen molar-refractivity contribution in [1.29, 1.82) is 0 Å². The van der Waals surface area contributed by atoms with Crippen LogP contribution in [0.15, 0.2) is 11.4 Å². The molecule has 1 unspecified atom stereocenters. The first kappa shape index (κ1) is 12.5. The predicted molar refractivity (Wildman–Crippen MR) is 63.8 cm³/mol. The van der Waals surface area contributed by atoms with Crippen molar-refractivity contribution < 1.29 is 9.47 Å². The summed E-state index contributed by atoms with van der Waals surface area (Å²) in [7, 11) is 1.70. The number of nitrogens with one attached hydrogen (secondary N) is 1. The lowest BCUT2D eigenvalue weighted by atomic mass is 10.2. The minimum absolute atomic E-state index is 0.241. The Morgan fingerprint density at radius 3 is 2.87 bits per heavy atom. The Morgan fingerprint density at radius 2 is 2.27 bits per heavy atom. The van der Waals surface area contributed by atoms with Crippen molar-refractivity contribution in [2.24, 2.45) is 0 Å². The second-order valence-corrected chi connectivity index (χ2v) is 4.07. The zero-order chi connectivity index (χ0) is 11.1. The van der Waals surface area contributed by atoms with Gasteiger partial charge < -0.3 is 14.8 Å². The first-order valence-electron chi connectivity index (χ1n) is 5.25. The zero-order valence-corrected chi connectivity index (χ0v) is 10.4. The topological polar surface area (TPSA) is 30.5 Å². The van der Waals surface area contributed by atoms with Crippen molar-refractivity contribution >= 4 is 11.3 Å². The van der Waals surface area contributed by atoms with Gasteiger partial charge in [0, 0.05) is 6.61 Å². The molecular weight excluding hydrogens is 210 g/mol. The van der Waals surface area contributed by atoms with Gasteiger partial charge in [0.2, 0.25) is 0 Å². The highest BCUT2D eigenvalue weighted by Crippen LogP contribution is 2.30. The Bertz CT molecular complexity index is 275. The summed E-state index contributed by atoms with van der Waals surface area (Å²) in [6, 6.07) is 2.24. The van der Waals surface area contributed by atoms with E-state index in [0.29, 0.717) is 6.61 Å². The molecule has 0 aliphatic rings. The summed E-state index contributed by atoms with van der Waals surface area (Å²) in [4.78, 5) is 1.22. The maximum absolute atomic E-state index is 5.46. The molecule has 0 aromatic carbocycles. The normalized spacial score (nSPS) is 12.7. The first-order chi connectivity index (χ1) is 7.33. The molecule has 1 atom stereocenters. The molecule has 1 heterocycles. The number of thiophene rings is 1. The lowest BCUT2D eigenvalue weighted by molar-refractivity contribution is 0.123. The van der Waals surface area contributed by atoms with E-state index in [0.717, 1.165) is 18.9 Å². The maximum atomic E-state index is 5.46. The van der Waals surface area contributed by atoms with Crippen molar-refractivity contribution in [3.63, 3.8) is 0 Å². The van der Waals surface area contributed by atoms with Crippen molar-refractivity contribution in [2.75, 3.05) is 26.9 Å². The molecule has 0 radical (unpaired) electrons. The van der Waals surface area contributed by atoms with E-state index < -0.39 is 0 Å². The van der Waals surface area contributed by atoms with Crippen LogP contribution in [0.1, 0.15) is 24.8 Å². The summed E-state index contributed by atoms with van der Waals surface area (Å²) < 4.78 is 10.8. The van der Waals surface area contributed by atoms with Crippen molar-refractivity contribution in [3.8, 4) is 5.75 Å². The summed E-state index contributed by atoms with van der Waals surface area (Å²) in [5.74, 6) is 0.950. The average Bonchev–Trinajstić information content (AvgIpc) is 2.72. The van der Waals surface area contributed by atoms with Crippen LogP contribution < -0.4 is 10.1 Å². The minimum Gasteiger partial charge on any atom is -0.496 e. The molecule has 0 aliphatic heterocycles. The van der Waals surface area contributed by atoms with Gasteiger partial charge in [-0.1, -0.05) is 6.92 Å². The summed E-state index contributed by atoms with van der Waals surface area (Å²) in [5, 5.41) is 5.45. The largest absolute Gasteiger partial charge is 0.496 e. The molecule has 1 rings (SSSR count). The molecule has 0 saturated heterocycles. The minimum atomic E-state index is 0.241. The number of hydrogen-bond donors (Lipinski definition) is 1. The molecule has 1 N–H and O–H groups in total. The molecule has 0 saturated carbocycles. The van der Waals surface area contributed by atoms with Gasteiger partial charge in [-0.05, 0) is 24.9 Å². The number of methoxy groups -OCH3 is 1. The van der Waals surface area contributed by atoms with Gasteiger partial charge in [0.1, 0.15) is 5.75 Å². The Hall–Kier alpha value is -0.580. The summed E-state index contributed by atoms with van der Waals surface area (Å²) in [6.07, 6.45) is 0. The van der Waals surface area contributed by atoms with Gasteiger partial charge in [0.25, 0.3) is 0 Å². The van der Waals surface area contributed by atoms with Crippen molar-refractivity contribution in [2.45, 2.75) is 19.9 Å². The second kappa shape index (κ2) is 6.82. The van der Waals surface area contributed by atoms with E-state index in [1.807, 2.05) is 18.4 Å². The molecule has 0 spiro atoms. The molecule has 0 aliphatic carbocycles. The van der Waals surface area contributed by atoms with Gasteiger partial charge in [-0.2, -0.15) is 0 Å². The lowest BCUT2D eigenvalue weighted by Crippen LogP contribution is -2.24. The van der Waals surface area contributed by atoms with Crippen LogP contribution in [0.5, 0.6) is 5.75 Å². The van der Waals surface area contributed by atoms with E-state index in [1.165, 1.54) is 4.88 Å². The number of ether oxygens (including phenoxy) is 2. The number of rotatable bonds is 7. The quantitative estimate of drug-likeness (QED) is 0.779. The summed E-state index contributed by atoms with van der Waals surface area (Å²) in [6.45, 7) is 6.48. The Kier molecular flexibility index (Phi) is 5.68. The molecule has 86 valence electrons. The third-order valence-electron chi connectivity index (χ3n) is 2.13. The molecule has 1 aromatic heterocycles. The fraction of sp³-hybridized carbons (Fsp3) is 0.636. The highest BCUT2D eigenvalue weighted by molar-refractivity contribution is 7.10. The maximum Gasteiger partial charge on any atom is 0.134 e. The molecule has 4 heteroatoms. The van der Waals surface area contributed by atoms with Crippen LogP contribution in [-0.4, -0.2) is 26.9 Å². The Labute approximate surface area is 95.4 Å². The van der Waals surface area contributed by atoms with Crippen LogP contribution in [0.3, 0.4) is 0 Å². The van der Waals surface area contributed by atoms with Crippen LogP contribution in [0, 0.1) is 0 Å². The highest BCUT2D eigenvalue weighted by atomic mass is 32.1. The molecular formula is C11H19NO2S. The molecule has 0 bridgehead atoms. The van der Waals surface area contributed by atoms with Gasteiger partial charge >= 0.3 is 0 Å². The number of likely N-dealkylation sites (N-methyl/N-ethyl adjacent to an activating group) is 1. The zero-order valence-electron chi connectivity index (χ0n) is 9.58. The summed E-state index contributed by atoms with van der Waals surface area (Å²) >= 11 is 1.71. The van der Waals surface area contributed by atoms with Crippen LogP contribution >= 0.6 is 11.3 Å². The Morgan fingerprint density at radius 1 is 1.47 bits per heavy atom. The van der Waals surface area contributed by atoms with E-state index in [4.69, 9.17) is 9.47 Å². The third-order valence-corrected chi connectivity index (χ3v) is 3.14. The van der Waals surface area contributed by atoms with Crippen LogP contribution in [-0.2, 0) is 4.74 Å². The van der Waals surface area contributed by atoms with Gasteiger partial charge in [0.05, 0.1) is 24.6 Å². The standard InChI is InChI=1S/C11H19NO2S/c1-4-12-9(8-14-5-2)11-10(13-3)6-7-15-11/h6-7,9,12H,4-5,8H2,1-3H3. The van der Waals surface area contributed by atoms with E-state index in [1.54, 1.807) is 18.4 Å². The monoisotopic (exact) mass is 229 g/mol. The van der Waals surface area contributed by atoms with Gasteiger partial charge in [0.15, 0.2) is 0 Å². The van der Waals surface area contributed by atoms with Crippen LogP contribution in [0.4, 0.5) is 0 Å². The number of hydrogen-bond acceptors (Lipinski definition) is 4. The predicted octanol–water partition coefficient (Wildman–Crippen LogP) is 2.44. The third kappa shape index (κ3) is 3.48. The second-order valence-electron chi connectivity index (χ2n) is 3.12. The van der Waals surface area contributed by atoms with Crippen molar-refractivity contribution in [1.82, 2.24) is 5.32 Å². The molecule has 0 amide bonds. The fourth-order valence-electron chi connectivity index (χ4n) is 1.44. The van der Waals surface area contributed by atoms with Gasteiger partial charge in [-0.15, -0.1) is 11.3 Å². The van der Waals surface area contributed by atoms with E-state index in [2.05, 4.69) is 12.2 Å². The van der Waals surface area contributed by atoms with E-state index >= 15 is 0 Å². The van der Waals surface area contributed by atoms with Crippen LogP contribution in [0.25, 0.3) is 0 Å². The first-order valence-corrected chi connectivity index (χ1v) is 6.13. The summed E-state index contributed by atoms with van der Waals surface area (Å²) in [5.41, 5.74) is 0. The average molecular weight is 229 g/mol.